The fraction of sp³-hybridized carbons (Fsp3) is 0. The Morgan fingerprint density at radius 2 is 1.76 bits per heavy atom. The zero-order valence-electron chi connectivity index (χ0n) is 14.7. The van der Waals surface area contributed by atoms with Crippen molar-refractivity contribution in [1.29, 1.82) is 0 Å². The quantitative estimate of drug-likeness (QED) is 0.429. The highest BCUT2D eigenvalue weighted by Crippen LogP contribution is 2.27. The number of carbonyl (C=O) groups is 3. The maximum atomic E-state index is 12.9. The van der Waals surface area contributed by atoms with Gasteiger partial charge in [-0.2, -0.15) is 0 Å². The molecule has 1 fully saturated rings. The molecule has 0 unspecified atom stereocenters. The molecule has 4 amide bonds. The average Bonchev–Trinajstić information content (AvgIpc) is 3.15. The van der Waals surface area contributed by atoms with Crippen molar-refractivity contribution in [2.75, 3.05) is 4.90 Å². The summed E-state index contributed by atoms with van der Waals surface area (Å²) in [6.45, 7) is 0. The van der Waals surface area contributed by atoms with Gasteiger partial charge in [-0.25, -0.2) is 9.69 Å². The number of amides is 4. The molecule has 6 nitrogen and oxygen atoms in total. The molecule has 8 heteroatoms. The minimum absolute atomic E-state index is 0.209. The number of anilines is 1. The minimum atomic E-state index is -0.807. The number of urea groups is 1. The van der Waals surface area contributed by atoms with Gasteiger partial charge in [0.05, 0.1) is 5.69 Å². The monoisotopic (exact) mass is 470 g/mol. The summed E-state index contributed by atoms with van der Waals surface area (Å²) in [7, 11) is 0. The maximum Gasteiger partial charge on any atom is 0.335 e. The maximum absolute atomic E-state index is 12.9. The molecule has 1 saturated heterocycles. The smallest absolute Gasteiger partial charge is 0.335 e. The molecule has 1 aromatic heterocycles. The van der Waals surface area contributed by atoms with E-state index in [1.807, 2.05) is 6.07 Å². The van der Waals surface area contributed by atoms with Crippen LogP contribution in [0.25, 0.3) is 17.4 Å². The summed E-state index contributed by atoms with van der Waals surface area (Å²) in [5.74, 6) is -0.691. The van der Waals surface area contributed by atoms with Gasteiger partial charge in [-0.05, 0) is 54.6 Å². The second-order valence-corrected chi connectivity index (χ2v) is 7.50. The van der Waals surface area contributed by atoms with Crippen molar-refractivity contribution in [2.24, 2.45) is 0 Å². The Kier molecular flexibility index (Phi) is 5.08. The van der Waals surface area contributed by atoms with Gasteiger partial charge in [0.2, 0.25) is 0 Å². The normalized spacial score (nSPS) is 15.7. The van der Waals surface area contributed by atoms with Gasteiger partial charge < -0.3 is 4.42 Å². The van der Waals surface area contributed by atoms with Crippen LogP contribution in [0.5, 0.6) is 0 Å². The van der Waals surface area contributed by atoms with Gasteiger partial charge in [-0.15, -0.1) is 0 Å². The molecule has 3 aromatic rings. The second-order valence-electron chi connectivity index (χ2n) is 6.15. The molecule has 0 radical (unpaired) electrons. The first-order valence-electron chi connectivity index (χ1n) is 8.45. The lowest BCUT2D eigenvalue weighted by Crippen LogP contribution is -2.54. The summed E-state index contributed by atoms with van der Waals surface area (Å²) in [6.07, 6.45) is 1.31. The topological polar surface area (TPSA) is 79.6 Å². The summed E-state index contributed by atoms with van der Waals surface area (Å²) in [5, 5.41) is 2.74. The standard InChI is InChI=1S/C21H12BrClN2O4/c22-13-4-6-15(7-5-13)25-20(27)17(19(26)24-21(25)28)11-16-8-9-18(29-16)12-2-1-3-14(23)10-12/h1-11H,(H,24,26,28)/b17-11-. The van der Waals surface area contributed by atoms with Gasteiger partial charge in [-0.1, -0.05) is 39.7 Å². The summed E-state index contributed by atoms with van der Waals surface area (Å²) >= 11 is 9.30. The molecule has 0 aliphatic carbocycles. The van der Waals surface area contributed by atoms with E-state index < -0.39 is 17.8 Å². The van der Waals surface area contributed by atoms with Gasteiger partial charge in [0, 0.05) is 15.1 Å². The molecule has 0 atom stereocenters. The number of imide groups is 2. The number of nitrogens with zero attached hydrogens (tertiary/aromatic N) is 1. The Bertz CT molecular complexity index is 1170. The molecule has 2 aromatic carbocycles. The lowest BCUT2D eigenvalue weighted by Gasteiger charge is -2.26. The molecule has 1 N–H and O–H groups in total. The Labute approximate surface area is 178 Å². The molecule has 1 aliphatic heterocycles. The van der Waals surface area contributed by atoms with E-state index in [-0.39, 0.29) is 5.57 Å². The fourth-order valence-electron chi connectivity index (χ4n) is 2.85. The summed E-state index contributed by atoms with van der Waals surface area (Å²) < 4.78 is 6.52. The molecule has 0 saturated carbocycles. The van der Waals surface area contributed by atoms with E-state index >= 15 is 0 Å². The molecule has 0 spiro atoms. The first-order chi connectivity index (χ1) is 13.9. The third-order valence-electron chi connectivity index (χ3n) is 4.21. The Morgan fingerprint density at radius 1 is 1.00 bits per heavy atom. The molecule has 1 aliphatic rings. The van der Waals surface area contributed by atoms with Crippen LogP contribution in [-0.2, 0) is 9.59 Å². The van der Waals surface area contributed by atoms with Crippen molar-refractivity contribution in [2.45, 2.75) is 0 Å². The molecular weight excluding hydrogens is 460 g/mol. The van der Waals surface area contributed by atoms with Gasteiger partial charge >= 0.3 is 6.03 Å². The van der Waals surface area contributed by atoms with Gasteiger partial charge in [0.15, 0.2) is 0 Å². The van der Waals surface area contributed by atoms with Crippen LogP contribution in [0, 0.1) is 0 Å². The third kappa shape index (κ3) is 3.87. The lowest BCUT2D eigenvalue weighted by molar-refractivity contribution is -0.122. The van der Waals surface area contributed by atoms with Crippen LogP contribution in [0.1, 0.15) is 5.76 Å². The SMILES string of the molecule is O=C1NC(=O)N(c2ccc(Br)cc2)C(=O)/C1=C\c1ccc(-c2cccc(Cl)c2)o1. The molecule has 29 heavy (non-hydrogen) atoms. The van der Waals surface area contributed by atoms with Crippen LogP contribution in [0.2, 0.25) is 5.02 Å². The number of rotatable bonds is 3. The number of hydrogen-bond acceptors (Lipinski definition) is 4. The van der Waals surface area contributed by atoms with Crippen LogP contribution in [-0.4, -0.2) is 17.8 Å². The molecule has 144 valence electrons. The van der Waals surface area contributed by atoms with Crippen LogP contribution < -0.4 is 10.2 Å². The third-order valence-corrected chi connectivity index (χ3v) is 4.97. The number of nitrogens with one attached hydrogen (secondary N) is 1. The largest absolute Gasteiger partial charge is 0.457 e. The molecule has 0 bridgehead atoms. The predicted octanol–water partition coefficient (Wildman–Crippen LogP) is 5.03. The Morgan fingerprint density at radius 3 is 2.48 bits per heavy atom. The van der Waals surface area contributed by atoms with E-state index in [0.717, 1.165) is 14.9 Å². The first-order valence-corrected chi connectivity index (χ1v) is 9.62. The van der Waals surface area contributed by atoms with E-state index in [2.05, 4.69) is 21.2 Å². The van der Waals surface area contributed by atoms with Crippen molar-refractivity contribution in [1.82, 2.24) is 5.32 Å². The van der Waals surface area contributed by atoms with Crippen molar-refractivity contribution in [3.63, 3.8) is 0 Å². The van der Waals surface area contributed by atoms with Crippen molar-refractivity contribution in [3.8, 4) is 11.3 Å². The van der Waals surface area contributed by atoms with Crippen LogP contribution >= 0.6 is 27.5 Å². The molecule has 2 heterocycles. The lowest BCUT2D eigenvalue weighted by atomic mass is 10.1. The van der Waals surface area contributed by atoms with Gasteiger partial charge in [-0.3, -0.25) is 14.9 Å². The second kappa shape index (κ2) is 7.69. The van der Waals surface area contributed by atoms with Crippen LogP contribution in [0.3, 0.4) is 0 Å². The van der Waals surface area contributed by atoms with E-state index in [9.17, 15) is 14.4 Å². The highest BCUT2D eigenvalue weighted by atomic mass is 79.9. The van der Waals surface area contributed by atoms with Crippen LogP contribution in [0.4, 0.5) is 10.5 Å². The first kappa shape index (κ1) is 19.2. The van der Waals surface area contributed by atoms with Gasteiger partial charge in [0.1, 0.15) is 17.1 Å². The zero-order chi connectivity index (χ0) is 20.5. The summed E-state index contributed by atoms with van der Waals surface area (Å²) in [5.41, 5.74) is 0.890. The number of hydrogen-bond donors (Lipinski definition) is 1. The van der Waals surface area contributed by atoms with Crippen molar-refractivity contribution >= 4 is 57.1 Å². The van der Waals surface area contributed by atoms with Crippen molar-refractivity contribution < 1.29 is 18.8 Å². The number of halogens is 2. The van der Waals surface area contributed by atoms with E-state index in [1.54, 1.807) is 54.6 Å². The zero-order valence-corrected chi connectivity index (χ0v) is 17.0. The highest BCUT2D eigenvalue weighted by Gasteiger charge is 2.37. The molecule has 4 rings (SSSR count). The van der Waals surface area contributed by atoms with Crippen molar-refractivity contribution in [3.05, 3.63) is 81.5 Å². The Hall–Kier alpha value is -3.16. The van der Waals surface area contributed by atoms with E-state index in [0.29, 0.717) is 22.2 Å². The number of barbiturate groups is 1. The Balaban J connectivity index is 1.67. The number of furan rings is 1. The highest BCUT2D eigenvalue weighted by molar-refractivity contribution is 9.10. The predicted molar refractivity (Wildman–Crippen MR) is 112 cm³/mol. The average molecular weight is 472 g/mol. The van der Waals surface area contributed by atoms with E-state index in [1.165, 1.54) is 6.08 Å². The summed E-state index contributed by atoms with van der Waals surface area (Å²) in [4.78, 5) is 38.2. The fourth-order valence-corrected chi connectivity index (χ4v) is 3.31. The van der Waals surface area contributed by atoms with Gasteiger partial charge in [0.25, 0.3) is 11.8 Å². The number of carbonyl (C=O) groups excluding carboxylic acids is 3. The number of benzene rings is 2. The molecular formula is C21H12BrClN2O4. The van der Waals surface area contributed by atoms with E-state index in [4.69, 9.17) is 16.0 Å². The van der Waals surface area contributed by atoms with Crippen LogP contribution in [0.15, 0.2) is 75.1 Å². The summed E-state index contributed by atoms with van der Waals surface area (Å²) in [6, 6.07) is 16.2. The minimum Gasteiger partial charge on any atom is -0.457 e.